The fourth-order valence-corrected chi connectivity index (χ4v) is 0.822. The fourth-order valence-electron chi connectivity index (χ4n) is 0.822. The van der Waals surface area contributed by atoms with Crippen molar-refractivity contribution in [2.24, 2.45) is 5.73 Å². The summed E-state index contributed by atoms with van der Waals surface area (Å²) in [5.41, 5.74) is 5.70. The van der Waals surface area contributed by atoms with Gasteiger partial charge in [-0.3, -0.25) is 0 Å². The molecule has 0 fully saturated rings. The Balaban J connectivity index is 2.76. The maximum atomic E-state index is 5.70. The van der Waals surface area contributed by atoms with Crippen molar-refractivity contribution in [2.45, 2.75) is 19.4 Å². The van der Waals surface area contributed by atoms with Gasteiger partial charge in [-0.15, -0.1) is 11.7 Å². The maximum Gasteiger partial charge on any atom is 0.293 e. The molecule has 0 bridgehead atoms. The van der Waals surface area contributed by atoms with E-state index in [1.807, 2.05) is 0 Å². The third kappa shape index (κ3) is 2.42. The van der Waals surface area contributed by atoms with Crippen LogP contribution in [0.2, 0.25) is 0 Å². The van der Waals surface area contributed by atoms with Crippen molar-refractivity contribution in [1.29, 1.82) is 0 Å². The summed E-state index contributed by atoms with van der Waals surface area (Å²) >= 11 is 0. The van der Waals surface area contributed by atoms with E-state index in [-0.39, 0.29) is 6.04 Å². The summed E-state index contributed by atoms with van der Waals surface area (Å²) < 4.78 is 5.17. The molecule has 0 aliphatic carbocycles. The molecule has 1 aromatic rings. The van der Waals surface area contributed by atoms with E-state index in [0.717, 1.165) is 0 Å². The lowest BCUT2D eigenvalue weighted by Gasteiger charge is -2.00. The number of hydrogen-bond acceptors (Lipinski definition) is 4. The zero-order valence-electron chi connectivity index (χ0n) is 7.45. The topological polar surface area (TPSA) is 64.9 Å². The quantitative estimate of drug-likeness (QED) is 0.553. The van der Waals surface area contributed by atoms with Gasteiger partial charge in [0.05, 0.1) is 6.04 Å². The Bertz CT molecular complexity index is 345. The molecule has 1 heterocycles. The van der Waals surface area contributed by atoms with Crippen LogP contribution in [0.25, 0.3) is 0 Å². The molecule has 2 N–H and O–H groups in total. The van der Waals surface area contributed by atoms with Gasteiger partial charge >= 0.3 is 0 Å². The van der Waals surface area contributed by atoms with Crippen molar-refractivity contribution in [3.05, 3.63) is 24.4 Å². The van der Waals surface area contributed by atoms with Crippen molar-refractivity contribution in [3.8, 4) is 11.8 Å². The summed E-state index contributed by atoms with van der Waals surface area (Å²) in [6, 6.07) is -0.280. The predicted octanol–water partition coefficient (Wildman–Crippen LogP) is 1.02. The van der Waals surface area contributed by atoms with E-state index >= 15 is 0 Å². The lowest BCUT2D eigenvalue weighted by molar-refractivity contribution is 0.443. The summed E-state index contributed by atoms with van der Waals surface area (Å²) in [6.45, 7) is 5.27. The first-order valence-corrected chi connectivity index (χ1v) is 3.90. The molecule has 1 rings (SSSR count). The van der Waals surface area contributed by atoms with E-state index in [4.69, 9.17) is 10.2 Å². The Hall–Kier alpha value is -1.60. The van der Waals surface area contributed by atoms with Gasteiger partial charge in [0.25, 0.3) is 5.89 Å². The van der Waals surface area contributed by atoms with Crippen LogP contribution in [0.1, 0.15) is 31.2 Å². The lowest BCUT2D eigenvalue weighted by Crippen LogP contribution is -2.09. The molecule has 0 amide bonds. The zero-order valence-corrected chi connectivity index (χ0v) is 7.45. The van der Waals surface area contributed by atoms with E-state index in [2.05, 4.69) is 28.6 Å². The number of nitrogens with zero attached hydrogens (tertiary/aromatic N) is 2. The molecule has 0 aliphatic heterocycles. The SMILES string of the molecule is C=CCC(N)c1nnc(C#CC)o1. The number of rotatable bonds is 3. The second kappa shape index (κ2) is 4.43. The molecule has 0 saturated carbocycles. The molecule has 4 heteroatoms. The van der Waals surface area contributed by atoms with Gasteiger partial charge in [-0.2, -0.15) is 0 Å². The molecule has 0 radical (unpaired) electrons. The second-order valence-electron chi connectivity index (χ2n) is 2.45. The molecule has 13 heavy (non-hydrogen) atoms. The van der Waals surface area contributed by atoms with Crippen molar-refractivity contribution in [3.63, 3.8) is 0 Å². The summed E-state index contributed by atoms with van der Waals surface area (Å²) in [6.07, 6.45) is 2.32. The predicted molar refractivity (Wildman–Crippen MR) is 48.6 cm³/mol. The van der Waals surface area contributed by atoms with Crippen LogP contribution >= 0.6 is 0 Å². The van der Waals surface area contributed by atoms with Crippen molar-refractivity contribution in [1.82, 2.24) is 10.2 Å². The Morgan fingerprint density at radius 1 is 1.69 bits per heavy atom. The molecule has 1 unspecified atom stereocenters. The van der Waals surface area contributed by atoms with Crippen LogP contribution in [0.3, 0.4) is 0 Å². The Morgan fingerprint density at radius 3 is 3.08 bits per heavy atom. The number of aromatic nitrogens is 2. The zero-order chi connectivity index (χ0) is 9.68. The van der Waals surface area contributed by atoms with Gasteiger partial charge in [-0.1, -0.05) is 17.1 Å². The molecule has 0 saturated heterocycles. The van der Waals surface area contributed by atoms with Gasteiger partial charge in [-0.25, -0.2) is 0 Å². The van der Waals surface area contributed by atoms with Gasteiger partial charge in [-0.05, 0) is 19.3 Å². The molecule has 0 aromatic carbocycles. The van der Waals surface area contributed by atoms with Gasteiger partial charge < -0.3 is 10.2 Å². The smallest absolute Gasteiger partial charge is 0.293 e. The molecular weight excluding hydrogens is 166 g/mol. The average molecular weight is 177 g/mol. The average Bonchev–Trinajstić information content (AvgIpc) is 2.54. The monoisotopic (exact) mass is 177 g/mol. The molecule has 0 spiro atoms. The standard InChI is InChI=1S/C9H11N3O/c1-3-5-7(10)9-12-11-8(13-9)6-4-2/h3,7H,1,5,10H2,2H3. The van der Waals surface area contributed by atoms with Crippen molar-refractivity contribution < 1.29 is 4.42 Å². The van der Waals surface area contributed by atoms with Gasteiger partial charge in [0.2, 0.25) is 5.89 Å². The first kappa shape index (κ1) is 9.49. The molecule has 1 aromatic heterocycles. The van der Waals surface area contributed by atoms with E-state index in [1.165, 1.54) is 0 Å². The van der Waals surface area contributed by atoms with Crippen molar-refractivity contribution in [2.75, 3.05) is 0 Å². The van der Waals surface area contributed by atoms with E-state index in [0.29, 0.717) is 18.2 Å². The van der Waals surface area contributed by atoms with E-state index in [1.54, 1.807) is 13.0 Å². The van der Waals surface area contributed by atoms with Crippen LogP contribution in [0.15, 0.2) is 17.1 Å². The van der Waals surface area contributed by atoms with E-state index < -0.39 is 0 Å². The Labute approximate surface area is 76.8 Å². The summed E-state index contributed by atoms with van der Waals surface area (Å²) in [5.74, 6) is 6.02. The van der Waals surface area contributed by atoms with Gasteiger partial charge in [0.1, 0.15) is 0 Å². The van der Waals surface area contributed by atoms with Gasteiger partial charge in [0, 0.05) is 0 Å². The number of nitrogens with two attached hydrogens (primary N) is 1. The van der Waals surface area contributed by atoms with Gasteiger partial charge in [0.15, 0.2) is 0 Å². The minimum absolute atomic E-state index is 0.280. The lowest BCUT2D eigenvalue weighted by atomic mass is 10.2. The summed E-state index contributed by atoms with van der Waals surface area (Å²) in [5, 5.41) is 7.47. The minimum Gasteiger partial charge on any atom is -0.413 e. The van der Waals surface area contributed by atoms with E-state index in [9.17, 15) is 0 Å². The maximum absolute atomic E-state index is 5.70. The molecule has 4 nitrogen and oxygen atoms in total. The van der Waals surface area contributed by atoms with Crippen molar-refractivity contribution >= 4 is 0 Å². The van der Waals surface area contributed by atoms with Crippen LogP contribution in [-0.2, 0) is 0 Å². The summed E-state index contributed by atoms with van der Waals surface area (Å²) in [4.78, 5) is 0. The third-order valence-corrected chi connectivity index (χ3v) is 1.41. The van der Waals surface area contributed by atoms with Crippen LogP contribution in [0, 0.1) is 11.8 Å². The second-order valence-corrected chi connectivity index (χ2v) is 2.45. The Kier molecular flexibility index (Phi) is 3.23. The first-order valence-electron chi connectivity index (χ1n) is 3.90. The highest BCUT2D eigenvalue weighted by atomic mass is 16.4. The highest BCUT2D eigenvalue weighted by Gasteiger charge is 2.11. The first-order chi connectivity index (χ1) is 6.27. The van der Waals surface area contributed by atoms with Crippen LogP contribution in [0.5, 0.6) is 0 Å². The van der Waals surface area contributed by atoms with Crippen LogP contribution < -0.4 is 5.73 Å². The summed E-state index contributed by atoms with van der Waals surface area (Å²) in [7, 11) is 0. The highest BCUT2D eigenvalue weighted by Crippen LogP contribution is 2.11. The molecule has 1 atom stereocenters. The third-order valence-electron chi connectivity index (χ3n) is 1.41. The molecule has 68 valence electrons. The largest absolute Gasteiger partial charge is 0.413 e. The molecule has 0 aliphatic rings. The number of hydrogen-bond donors (Lipinski definition) is 1. The van der Waals surface area contributed by atoms with Crippen LogP contribution in [-0.4, -0.2) is 10.2 Å². The normalized spacial score (nSPS) is 11.5. The fraction of sp³-hybridized carbons (Fsp3) is 0.333. The van der Waals surface area contributed by atoms with Crippen LogP contribution in [0.4, 0.5) is 0 Å². The highest BCUT2D eigenvalue weighted by molar-refractivity contribution is 5.15. The Morgan fingerprint density at radius 2 is 2.46 bits per heavy atom. The minimum atomic E-state index is -0.280. The molecular formula is C9H11N3O.